The number of nitriles is 1. The number of allylic oxidation sites excluding steroid dienone is 1. The second-order valence-corrected chi connectivity index (χ2v) is 9.95. The average molecular weight is 475 g/mol. The van der Waals surface area contributed by atoms with Gasteiger partial charge in [-0.2, -0.15) is 5.26 Å². The van der Waals surface area contributed by atoms with Crippen molar-refractivity contribution in [3.05, 3.63) is 47.6 Å². The molecule has 3 aliphatic rings. The smallest absolute Gasteiger partial charge is 0.225 e. The van der Waals surface area contributed by atoms with Crippen molar-refractivity contribution in [3.8, 4) is 6.07 Å². The summed E-state index contributed by atoms with van der Waals surface area (Å²) in [5, 5.41) is 14.2. The standard InChI is InChI=1S/C26H34N8O/c1-5-20-15-32(23-13-24(35)30-25-18(4)34(11-8-27)31-26(23)25)16(2)14-33(20)17(3)19-6-7-21-22(12-19)29-10-9-28-21/h6-7,9-10,12,16-17,20,23,26,31H,5,11,13-15H2,1-4H3,(H,30,35)/t16-,17?,20+,23?,26?/m0/s1. The Morgan fingerprint density at radius 1 is 1.23 bits per heavy atom. The van der Waals surface area contributed by atoms with Crippen molar-refractivity contribution < 1.29 is 4.79 Å². The quantitative estimate of drug-likeness (QED) is 0.637. The molecular formula is C26H34N8O. The van der Waals surface area contributed by atoms with Gasteiger partial charge in [0.15, 0.2) is 0 Å². The summed E-state index contributed by atoms with van der Waals surface area (Å²) in [6.45, 7) is 10.8. The number of carbonyl (C=O) groups is 1. The molecule has 2 fully saturated rings. The molecule has 2 N–H and O–H groups in total. The van der Waals surface area contributed by atoms with Gasteiger partial charge in [-0.1, -0.05) is 13.0 Å². The van der Waals surface area contributed by atoms with Gasteiger partial charge in [-0.25, -0.2) is 5.43 Å². The lowest BCUT2D eigenvalue weighted by atomic mass is 9.91. The third kappa shape index (κ3) is 4.27. The molecule has 0 aliphatic carbocycles. The van der Waals surface area contributed by atoms with Crippen molar-refractivity contribution >= 4 is 16.9 Å². The molecule has 1 amide bonds. The first-order valence-electron chi connectivity index (χ1n) is 12.5. The maximum Gasteiger partial charge on any atom is 0.225 e. The minimum absolute atomic E-state index is 0.0101. The molecule has 9 nitrogen and oxygen atoms in total. The summed E-state index contributed by atoms with van der Waals surface area (Å²) in [6, 6.07) is 9.54. The second-order valence-electron chi connectivity index (χ2n) is 9.95. The number of piperidine rings is 1. The number of nitrogens with zero attached hydrogens (tertiary/aromatic N) is 6. The fourth-order valence-electron chi connectivity index (χ4n) is 6.02. The molecule has 5 rings (SSSR count). The van der Waals surface area contributed by atoms with Gasteiger partial charge in [-0.3, -0.25) is 29.6 Å². The van der Waals surface area contributed by atoms with Crippen LogP contribution in [0, 0.1) is 11.3 Å². The zero-order valence-electron chi connectivity index (χ0n) is 20.9. The van der Waals surface area contributed by atoms with Gasteiger partial charge in [0.25, 0.3) is 0 Å². The molecule has 0 bridgehead atoms. The number of hydrazine groups is 1. The molecule has 3 unspecified atom stereocenters. The minimum atomic E-state index is -0.0101. The van der Waals surface area contributed by atoms with E-state index in [4.69, 9.17) is 0 Å². The highest BCUT2D eigenvalue weighted by atomic mass is 16.1. The Labute approximate surface area is 206 Å². The molecule has 2 aromatic rings. The first-order valence-corrected chi connectivity index (χ1v) is 12.5. The zero-order valence-corrected chi connectivity index (χ0v) is 20.9. The number of carbonyl (C=O) groups excluding carboxylic acids is 1. The van der Waals surface area contributed by atoms with Crippen LogP contribution in [0.3, 0.4) is 0 Å². The van der Waals surface area contributed by atoms with Gasteiger partial charge in [0.05, 0.1) is 28.8 Å². The van der Waals surface area contributed by atoms with Crippen molar-refractivity contribution in [2.24, 2.45) is 0 Å². The van der Waals surface area contributed by atoms with Gasteiger partial charge >= 0.3 is 0 Å². The average Bonchev–Trinajstić information content (AvgIpc) is 3.18. The van der Waals surface area contributed by atoms with Gasteiger partial charge in [-0.05, 0) is 44.9 Å². The summed E-state index contributed by atoms with van der Waals surface area (Å²) in [4.78, 5) is 26.7. The van der Waals surface area contributed by atoms with Gasteiger partial charge in [0, 0.05) is 61.8 Å². The lowest BCUT2D eigenvalue weighted by molar-refractivity contribution is -0.124. The van der Waals surface area contributed by atoms with Crippen LogP contribution < -0.4 is 10.7 Å². The zero-order chi connectivity index (χ0) is 24.7. The van der Waals surface area contributed by atoms with Crippen molar-refractivity contribution in [2.75, 3.05) is 19.6 Å². The maximum atomic E-state index is 12.7. The van der Waals surface area contributed by atoms with Gasteiger partial charge < -0.3 is 5.32 Å². The highest BCUT2D eigenvalue weighted by Crippen LogP contribution is 2.34. The summed E-state index contributed by atoms with van der Waals surface area (Å²) in [5.74, 6) is 0.0505. The molecule has 0 spiro atoms. The van der Waals surface area contributed by atoms with E-state index in [0.717, 1.165) is 41.9 Å². The Hall–Kier alpha value is -3.06. The fraction of sp³-hybridized carbons (Fsp3) is 0.538. The Morgan fingerprint density at radius 2 is 2.00 bits per heavy atom. The summed E-state index contributed by atoms with van der Waals surface area (Å²) < 4.78 is 0. The Bertz CT molecular complexity index is 1190. The number of rotatable bonds is 5. The van der Waals surface area contributed by atoms with E-state index in [1.54, 1.807) is 12.4 Å². The Morgan fingerprint density at radius 3 is 2.74 bits per heavy atom. The molecule has 3 aliphatic heterocycles. The van der Waals surface area contributed by atoms with Crippen molar-refractivity contribution in [1.29, 1.82) is 5.26 Å². The van der Waals surface area contributed by atoms with E-state index in [0.29, 0.717) is 12.5 Å². The second kappa shape index (κ2) is 9.53. The van der Waals surface area contributed by atoms with Crippen LogP contribution in [0.1, 0.15) is 52.1 Å². The number of hydrogen-bond acceptors (Lipinski definition) is 8. The number of aromatic nitrogens is 2. The number of amides is 1. The van der Waals surface area contributed by atoms with Crippen LogP contribution in [0.4, 0.5) is 0 Å². The molecule has 0 saturated carbocycles. The highest BCUT2D eigenvalue weighted by Gasteiger charge is 2.46. The molecule has 1 aromatic heterocycles. The topological polar surface area (TPSA) is 100 Å². The SMILES string of the molecule is CC[C@@H]1CN(C2CC(=O)NC3=C(C)N(CC#N)NC32)[C@@H](C)CN1C(C)c1ccc2nccnc2c1. The first-order chi connectivity index (χ1) is 16.9. The number of hydrogen-bond donors (Lipinski definition) is 2. The lowest BCUT2D eigenvalue weighted by Gasteiger charge is -2.52. The third-order valence-corrected chi connectivity index (χ3v) is 7.99. The van der Waals surface area contributed by atoms with Crippen molar-refractivity contribution in [2.45, 2.75) is 70.7 Å². The monoisotopic (exact) mass is 474 g/mol. The summed E-state index contributed by atoms with van der Waals surface area (Å²) in [5.41, 5.74) is 8.43. The molecule has 9 heteroatoms. The van der Waals surface area contributed by atoms with Gasteiger partial charge in [-0.15, -0.1) is 0 Å². The molecule has 35 heavy (non-hydrogen) atoms. The van der Waals surface area contributed by atoms with E-state index >= 15 is 0 Å². The normalized spacial score (nSPS) is 28.7. The Balaban J connectivity index is 1.37. The first kappa shape index (κ1) is 23.7. The summed E-state index contributed by atoms with van der Waals surface area (Å²) in [7, 11) is 0. The molecule has 184 valence electrons. The molecule has 5 atom stereocenters. The molecular weight excluding hydrogens is 440 g/mol. The van der Waals surface area contributed by atoms with Gasteiger partial charge in [0.2, 0.25) is 5.91 Å². The predicted octanol–water partition coefficient (Wildman–Crippen LogP) is 2.31. The number of piperazine rings is 1. The predicted molar refractivity (Wildman–Crippen MR) is 133 cm³/mol. The van der Waals surface area contributed by atoms with Crippen LogP contribution in [-0.4, -0.2) is 74.5 Å². The summed E-state index contributed by atoms with van der Waals surface area (Å²) >= 11 is 0. The van der Waals surface area contributed by atoms with Crippen molar-refractivity contribution in [3.63, 3.8) is 0 Å². The Kier molecular flexibility index (Phi) is 6.45. The van der Waals surface area contributed by atoms with Crippen LogP contribution in [0.15, 0.2) is 42.0 Å². The van der Waals surface area contributed by atoms with E-state index in [2.05, 4.69) is 75.5 Å². The minimum Gasteiger partial charge on any atom is -0.326 e. The van der Waals surface area contributed by atoms with Crippen LogP contribution in [0.2, 0.25) is 0 Å². The molecule has 2 saturated heterocycles. The van der Waals surface area contributed by atoms with Crippen LogP contribution in [0.25, 0.3) is 11.0 Å². The largest absolute Gasteiger partial charge is 0.326 e. The molecule has 1 aromatic carbocycles. The van der Waals surface area contributed by atoms with E-state index in [9.17, 15) is 10.1 Å². The lowest BCUT2D eigenvalue weighted by Crippen LogP contribution is -2.66. The van der Waals surface area contributed by atoms with Crippen LogP contribution in [0.5, 0.6) is 0 Å². The van der Waals surface area contributed by atoms with E-state index < -0.39 is 0 Å². The molecule has 4 heterocycles. The van der Waals surface area contributed by atoms with Gasteiger partial charge in [0.1, 0.15) is 6.54 Å². The number of benzene rings is 1. The van der Waals surface area contributed by atoms with Crippen LogP contribution in [-0.2, 0) is 4.79 Å². The summed E-state index contributed by atoms with van der Waals surface area (Å²) in [6.07, 6.45) is 4.95. The maximum absolute atomic E-state index is 12.7. The fourth-order valence-corrected chi connectivity index (χ4v) is 6.02. The highest BCUT2D eigenvalue weighted by molar-refractivity contribution is 5.81. The third-order valence-electron chi connectivity index (χ3n) is 7.99. The number of nitrogens with one attached hydrogen (secondary N) is 2. The van der Waals surface area contributed by atoms with Crippen molar-refractivity contribution in [1.82, 2.24) is 35.5 Å². The van der Waals surface area contributed by atoms with E-state index in [-0.39, 0.29) is 36.6 Å². The molecule has 0 radical (unpaired) electrons. The van der Waals surface area contributed by atoms with Crippen LogP contribution >= 0.6 is 0 Å². The van der Waals surface area contributed by atoms with E-state index in [1.807, 2.05) is 11.9 Å². The number of fused-ring (bicyclic) bond motifs is 2. The van der Waals surface area contributed by atoms with E-state index in [1.165, 1.54) is 5.56 Å².